The summed E-state index contributed by atoms with van der Waals surface area (Å²) < 4.78 is 47.5. The summed E-state index contributed by atoms with van der Waals surface area (Å²) in [4.78, 5) is 38.3. The molecule has 1 aromatic heterocycles. The first-order valence-electron chi connectivity index (χ1n) is 6.25. The molecule has 2 aromatic rings. The van der Waals surface area contributed by atoms with E-state index in [4.69, 9.17) is 11.6 Å². The minimum atomic E-state index is -4.72. The van der Waals surface area contributed by atoms with E-state index in [0.717, 1.165) is 14.2 Å². The van der Waals surface area contributed by atoms with Gasteiger partial charge in [0.2, 0.25) is 5.43 Å². The van der Waals surface area contributed by atoms with Crippen LogP contribution in [0.3, 0.4) is 0 Å². The highest BCUT2D eigenvalue weighted by atomic mass is 35.5. The number of H-pyrrole nitrogens is 1. The number of fused-ring (bicyclic) bond motifs is 1. The highest BCUT2D eigenvalue weighted by Crippen LogP contribution is 2.34. The van der Waals surface area contributed by atoms with E-state index in [1.165, 1.54) is 0 Å². The van der Waals surface area contributed by atoms with E-state index in [2.05, 4.69) is 14.5 Å². The molecule has 0 saturated heterocycles. The van der Waals surface area contributed by atoms with Crippen molar-refractivity contribution >= 4 is 34.4 Å². The normalized spacial score (nSPS) is 11.4. The summed E-state index contributed by atoms with van der Waals surface area (Å²) in [5.41, 5.74) is -3.88. The number of pyridine rings is 1. The molecular formula is C14H9ClF3NO5. The molecule has 0 fully saturated rings. The number of aromatic nitrogens is 1. The summed E-state index contributed by atoms with van der Waals surface area (Å²) in [5, 5.41) is -0.902. The maximum Gasteiger partial charge on any atom is 0.416 e. The lowest BCUT2D eigenvalue weighted by atomic mass is 10.1. The van der Waals surface area contributed by atoms with Gasteiger partial charge in [-0.1, -0.05) is 11.6 Å². The molecule has 128 valence electrons. The Bertz CT molecular complexity index is 904. The van der Waals surface area contributed by atoms with Gasteiger partial charge in [-0.2, -0.15) is 13.2 Å². The van der Waals surface area contributed by atoms with E-state index < -0.39 is 45.4 Å². The number of nitrogens with one attached hydrogen (secondary N) is 1. The van der Waals surface area contributed by atoms with Gasteiger partial charge in [-0.05, 0) is 12.1 Å². The molecular weight excluding hydrogens is 355 g/mol. The van der Waals surface area contributed by atoms with E-state index in [-0.39, 0.29) is 10.9 Å². The standard InChI is InChI=1S/C14H9ClF3NO5/c1-23-12(21)9-10(13(22)24-2)19-7-4-5(14(16,17)18)3-6(15)8(7)11(9)20/h3-4H,1-2H3,(H,19,20). The molecule has 0 aliphatic heterocycles. The number of carbonyl (C=O) groups excluding carboxylic acids is 2. The van der Waals surface area contributed by atoms with Gasteiger partial charge in [-0.15, -0.1) is 0 Å². The van der Waals surface area contributed by atoms with Crippen LogP contribution in [0.15, 0.2) is 16.9 Å². The molecule has 2 rings (SSSR count). The Hall–Kier alpha value is -2.55. The fourth-order valence-electron chi connectivity index (χ4n) is 2.09. The van der Waals surface area contributed by atoms with Crippen LogP contribution in [0, 0.1) is 0 Å². The third-order valence-corrected chi connectivity index (χ3v) is 3.46. The number of ether oxygens (including phenoxy) is 2. The first-order chi connectivity index (χ1) is 11.1. The number of hydrogen-bond acceptors (Lipinski definition) is 5. The fourth-order valence-corrected chi connectivity index (χ4v) is 2.39. The molecule has 0 spiro atoms. The van der Waals surface area contributed by atoms with Crippen LogP contribution in [-0.2, 0) is 15.7 Å². The van der Waals surface area contributed by atoms with Crippen LogP contribution in [0.2, 0.25) is 5.02 Å². The third-order valence-electron chi connectivity index (χ3n) is 3.16. The van der Waals surface area contributed by atoms with Gasteiger partial charge in [-0.3, -0.25) is 4.79 Å². The summed E-state index contributed by atoms with van der Waals surface area (Å²) in [6.07, 6.45) is -4.72. The summed E-state index contributed by atoms with van der Waals surface area (Å²) in [7, 11) is 1.95. The Morgan fingerprint density at radius 1 is 1.12 bits per heavy atom. The predicted molar refractivity (Wildman–Crippen MR) is 77.3 cm³/mol. The molecule has 0 atom stereocenters. The minimum Gasteiger partial charge on any atom is -0.465 e. The second-order valence-electron chi connectivity index (χ2n) is 4.57. The number of methoxy groups -OCH3 is 2. The fraction of sp³-hybridized carbons (Fsp3) is 0.214. The summed E-state index contributed by atoms with van der Waals surface area (Å²) in [5.74, 6) is -2.28. The van der Waals surface area contributed by atoms with Crippen molar-refractivity contribution in [3.05, 3.63) is 44.2 Å². The SMILES string of the molecule is COC(=O)c1[nH]c2cc(C(F)(F)F)cc(Cl)c2c(=O)c1C(=O)OC. The summed E-state index contributed by atoms with van der Waals surface area (Å²) >= 11 is 5.77. The van der Waals surface area contributed by atoms with Gasteiger partial charge in [0.25, 0.3) is 0 Å². The zero-order valence-corrected chi connectivity index (χ0v) is 13.0. The first kappa shape index (κ1) is 17.8. The van der Waals surface area contributed by atoms with Crippen molar-refractivity contribution in [1.82, 2.24) is 4.98 Å². The van der Waals surface area contributed by atoms with Crippen molar-refractivity contribution in [2.24, 2.45) is 0 Å². The van der Waals surface area contributed by atoms with Crippen LogP contribution < -0.4 is 5.43 Å². The highest BCUT2D eigenvalue weighted by molar-refractivity contribution is 6.35. The monoisotopic (exact) mass is 363 g/mol. The van der Waals surface area contributed by atoms with Gasteiger partial charge in [0, 0.05) is 0 Å². The largest absolute Gasteiger partial charge is 0.465 e. The third kappa shape index (κ3) is 2.94. The van der Waals surface area contributed by atoms with Crippen molar-refractivity contribution in [1.29, 1.82) is 0 Å². The van der Waals surface area contributed by atoms with E-state index in [1.807, 2.05) is 0 Å². The second kappa shape index (κ2) is 6.16. The number of aromatic amines is 1. The maximum absolute atomic E-state index is 12.9. The van der Waals surface area contributed by atoms with E-state index in [0.29, 0.717) is 12.1 Å². The molecule has 6 nitrogen and oxygen atoms in total. The molecule has 0 amide bonds. The lowest BCUT2D eigenvalue weighted by molar-refractivity contribution is -0.137. The van der Waals surface area contributed by atoms with E-state index in [9.17, 15) is 27.6 Å². The smallest absolute Gasteiger partial charge is 0.416 e. The highest BCUT2D eigenvalue weighted by Gasteiger charge is 2.33. The lowest BCUT2D eigenvalue weighted by Crippen LogP contribution is -2.24. The average molecular weight is 364 g/mol. The molecule has 0 unspecified atom stereocenters. The molecule has 1 N–H and O–H groups in total. The van der Waals surface area contributed by atoms with Crippen LogP contribution in [0.1, 0.15) is 26.4 Å². The second-order valence-corrected chi connectivity index (χ2v) is 4.97. The Morgan fingerprint density at radius 3 is 2.21 bits per heavy atom. The predicted octanol–water partition coefficient (Wildman–Crippen LogP) is 2.77. The Morgan fingerprint density at radius 2 is 1.71 bits per heavy atom. The van der Waals surface area contributed by atoms with Crippen LogP contribution in [-0.4, -0.2) is 31.1 Å². The van der Waals surface area contributed by atoms with Gasteiger partial charge in [0.1, 0.15) is 11.3 Å². The molecule has 10 heteroatoms. The van der Waals surface area contributed by atoms with Gasteiger partial charge >= 0.3 is 18.1 Å². The molecule has 0 aliphatic rings. The zero-order chi connectivity index (χ0) is 18.2. The van der Waals surface area contributed by atoms with Crippen molar-refractivity contribution < 1.29 is 32.2 Å². The molecule has 24 heavy (non-hydrogen) atoms. The Labute approximate surface area is 137 Å². The summed E-state index contributed by atoms with van der Waals surface area (Å²) in [6, 6.07) is 1.16. The van der Waals surface area contributed by atoms with Crippen molar-refractivity contribution in [3.8, 4) is 0 Å². The Balaban J connectivity index is 2.97. The van der Waals surface area contributed by atoms with E-state index in [1.54, 1.807) is 0 Å². The van der Waals surface area contributed by atoms with Crippen LogP contribution >= 0.6 is 11.6 Å². The molecule has 1 aromatic carbocycles. The molecule has 0 saturated carbocycles. The number of alkyl halides is 3. The van der Waals surface area contributed by atoms with Gasteiger partial charge in [0.05, 0.1) is 35.7 Å². The van der Waals surface area contributed by atoms with Crippen LogP contribution in [0.25, 0.3) is 10.9 Å². The molecule has 0 aliphatic carbocycles. The van der Waals surface area contributed by atoms with Crippen LogP contribution in [0.4, 0.5) is 13.2 Å². The molecule has 0 radical (unpaired) electrons. The zero-order valence-electron chi connectivity index (χ0n) is 12.2. The van der Waals surface area contributed by atoms with Crippen molar-refractivity contribution in [2.75, 3.05) is 14.2 Å². The van der Waals surface area contributed by atoms with Gasteiger partial charge in [0.15, 0.2) is 0 Å². The molecule has 1 heterocycles. The number of hydrogen-bond donors (Lipinski definition) is 1. The molecule has 0 bridgehead atoms. The number of rotatable bonds is 2. The summed E-state index contributed by atoms with van der Waals surface area (Å²) in [6.45, 7) is 0. The number of halogens is 4. The van der Waals surface area contributed by atoms with Gasteiger partial charge < -0.3 is 14.5 Å². The van der Waals surface area contributed by atoms with Crippen molar-refractivity contribution in [3.63, 3.8) is 0 Å². The van der Waals surface area contributed by atoms with Crippen LogP contribution in [0.5, 0.6) is 0 Å². The van der Waals surface area contributed by atoms with Crippen molar-refractivity contribution in [2.45, 2.75) is 6.18 Å². The topological polar surface area (TPSA) is 85.5 Å². The van der Waals surface area contributed by atoms with E-state index >= 15 is 0 Å². The maximum atomic E-state index is 12.9. The number of benzene rings is 1. The first-order valence-corrected chi connectivity index (χ1v) is 6.63. The quantitative estimate of drug-likeness (QED) is 0.829. The number of esters is 2. The minimum absolute atomic E-state index is 0.368. The lowest BCUT2D eigenvalue weighted by Gasteiger charge is -2.12. The Kier molecular flexibility index (Phi) is 4.57. The average Bonchev–Trinajstić information content (AvgIpc) is 2.51. The number of carbonyl (C=O) groups is 2. The van der Waals surface area contributed by atoms with Gasteiger partial charge in [-0.25, -0.2) is 9.59 Å².